The molecule has 0 radical (unpaired) electrons. The van der Waals surface area contributed by atoms with Gasteiger partial charge in [-0.2, -0.15) is 0 Å². The Morgan fingerprint density at radius 1 is 0.857 bits per heavy atom. The van der Waals surface area contributed by atoms with Crippen molar-refractivity contribution in [1.82, 2.24) is 0 Å². The van der Waals surface area contributed by atoms with Crippen molar-refractivity contribution in [3.63, 3.8) is 0 Å². The Morgan fingerprint density at radius 3 is 2.21 bits per heavy atom. The molecule has 0 atom stereocenters. The monoisotopic (exact) mass is 441 g/mol. The van der Waals surface area contributed by atoms with Crippen LogP contribution in [0.15, 0.2) is 77.7 Å². The third-order valence-corrected chi connectivity index (χ3v) is 6.31. The number of carbonyl (C=O) groups excluding carboxylic acids is 1. The van der Waals surface area contributed by atoms with E-state index in [4.69, 9.17) is 35.4 Å². The predicted molar refractivity (Wildman–Crippen MR) is 124 cm³/mol. The van der Waals surface area contributed by atoms with E-state index < -0.39 is 0 Å². The first-order chi connectivity index (χ1) is 13.5. The number of thiocarbonyl (C=S) groups is 1. The first-order valence-electron chi connectivity index (χ1n) is 8.41. The maximum absolute atomic E-state index is 12.9. The van der Waals surface area contributed by atoms with Crippen molar-refractivity contribution in [2.75, 3.05) is 4.90 Å². The van der Waals surface area contributed by atoms with Gasteiger partial charge in [0.2, 0.25) is 0 Å². The molecule has 1 amide bonds. The molecule has 0 unspecified atom stereocenters. The normalized spacial score (nSPS) is 15.5. The lowest BCUT2D eigenvalue weighted by atomic mass is 10.0. The topological polar surface area (TPSA) is 20.3 Å². The van der Waals surface area contributed by atoms with Crippen LogP contribution in [0, 0.1) is 0 Å². The molecule has 0 aromatic heterocycles. The molecule has 0 bridgehead atoms. The Kier molecular flexibility index (Phi) is 5.56. The zero-order valence-corrected chi connectivity index (χ0v) is 17.6. The number of hydrogen-bond donors (Lipinski definition) is 0. The van der Waals surface area contributed by atoms with Gasteiger partial charge in [-0.1, -0.05) is 102 Å². The molecule has 1 saturated heterocycles. The molecule has 28 heavy (non-hydrogen) atoms. The summed E-state index contributed by atoms with van der Waals surface area (Å²) in [5.41, 5.74) is 3.83. The summed E-state index contributed by atoms with van der Waals surface area (Å²) in [4.78, 5) is 14.9. The van der Waals surface area contributed by atoms with E-state index >= 15 is 0 Å². The van der Waals surface area contributed by atoms with Crippen molar-refractivity contribution >= 4 is 69.2 Å². The minimum atomic E-state index is -0.166. The zero-order chi connectivity index (χ0) is 19.7. The van der Waals surface area contributed by atoms with E-state index in [9.17, 15) is 4.79 Å². The number of carbonyl (C=O) groups is 1. The summed E-state index contributed by atoms with van der Waals surface area (Å²) in [5.74, 6) is -0.166. The number of benzene rings is 3. The standard InChI is InChI=1S/C22H13Cl2NOS2/c23-18-11-10-17(13-19(18)24)25-21(26)20(28-22(25)27)12-14-6-8-16(9-7-14)15-4-2-1-3-5-15/h1-13H/b20-12-. The lowest BCUT2D eigenvalue weighted by Crippen LogP contribution is -2.27. The van der Waals surface area contributed by atoms with E-state index in [-0.39, 0.29) is 5.91 Å². The molecule has 3 aromatic carbocycles. The molecule has 4 rings (SSSR count). The van der Waals surface area contributed by atoms with Gasteiger partial charge in [0.15, 0.2) is 4.32 Å². The zero-order valence-electron chi connectivity index (χ0n) is 14.4. The molecule has 0 saturated carbocycles. The van der Waals surface area contributed by atoms with Gasteiger partial charge in [0.05, 0.1) is 20.6 Å². The van der Waals surface area contributed by atoms with E-state index in [2.05, 4.69) is 12.1 Å². The smallest absolute Gasteiger partial charge is 0.268 e. The SMILES string of the molecule is O=C1/C(=C/c2ccc(-c3ccccc3)cc2)SC(=S)N1c1ccc(Cl)c(Cl)c1. The van der Waals surface area contributed by atoms with Gasteiger partial charge in [-0.05, 0) is 41.0 Å². The van der Waals surface area contributed by atoms with Gasteiger partial charge in [0.25, 0.3) is 5.91 Å². The second kappa shape index (κ2) is 8.10. The fourth-order valence-electron chi connectivity index (χ4n) is 2.87. The summed E-state index contributed by atoms with van der Waals surface area (Å²) in [6.45, 7) is 0. The van der Waals surface area contributed by atoms with Crippen LogP contribution in [0.25, 0.3) is 17.2 Å². The Balaban J connectivity index is 1.59. The van der Waals surface area contributed by atoms with Crippen LogP contribution in [-0.4, -0.2) is 10.2 Å². The predicted octanol–water partition coefficient (Wildman–Crippen LogP) is 7.07. The summed E-state index contributed by atoms with van der Waals surface area (Å²) in [6, 6.07) is 23.3. The van der Waals surface area contributed by atoms with Crippen molar-refractivity contribution in [3.8, 4) is 11.1 Å². The van der Waals surface area contributed by atoms with Crippen LogP contribution in [0.3, 0.4) is 0 Å². The number of thioether (sulfide) groups is 1. The molecule has 1 heterocycles. The maximum atomic E-state index is 12.9. The van der Waals surface area contributed by atoms with Crippen molar-refractivity contribution in [3.05, 3.63) is 93.3 Å². The summed E-state index contributed by atoms with van der Waals surface area (Å²) < 4.78 is 0.468. The Labute approximate surface area is 182 Å². The van der Waals surface area contributed by atoms with Gasteiger partial charge < -0.3 is 0 Å². The summed E-state index contributed by atoms with van der Waals surface area (Å²) in [7, 11) is 0. The average molecular weight is 442 g/mol. The van der Waals surface area contributed by atoms with Gasteiger partial charge in [-0.15, -0.1) is 0 Å². The third kappa shape index (κ3) is 3.87. The number of amides is 1. The fraction of sp³-hybridized carbons (Fsp3) is 0. The minimum Gasteiger partial charge on any atom is -0.268 e. The molecule has 0 N–H and O–H groups in total. The van der Waals surface area contributed by atoms with E-state index in [0.29, 0.717) is 25.0 Å². The van der Waals surface area contributed by atoms with E-state index in [1.165, 1.54) is 16.7 Å². The molecule has 1 aliphatic heterocycles. The van der Waals surface area contributed by atoms with Gasteiger partial charge in [0.1, 0.15) is 0 Å². The second-order valence-electron chi connectivity index (χ2n) is 6.10. The van der Waals surface area contributed by atoms with Gasteiger partial charge in [0, 0.05) is 0 Å². The highest BCUT2D eigenvalue weighted by Crippen LogP contribution is 2.38. The highest BCUT2D eigenvalue weighted by Gasteiger charge is 2.33. The molecule has 6 heteroatoms. The molecular formula is C22H13Cl2NOS2. The van der Waals surface area contributed by atoms with Crippen LogP contribution in [0.5, 0.6) is 0 Å². The number of hydrogen-bond acceptors (Lipinski definition) is 3. The van der Waals surface area contributed by atoms with E-state index in [1.807, 2.05) is 48.5 Å². The number of nitrogens with zero attached hydrogens (tertiary/aromatic N) is 1. The van der Waals surface area contributed by atoms with Crippen LogP contribution in [0.4, 0.5) is 5.69 Å². The summed E-state index contributed by atoms with van der Waals surface area (Å²) in [6.07, 6.45) is 1.85. The molecule has 0 spiro atoms. The molecule has 138 valence electrons. The van der Waals surface area contributed by atoms with Gasteiger partial charge in [-0.3, -0.25) is 9.69 Å². The van der Waals surface area contributed by atoms with Crippen LogP contribution >= 0.6 is 47.2 Å². The quantitative estimate of drug-likeness (QED) is 0.320. The van der Waals surface area contributed by atoms with Crippen LogP contribution in [0.2, 0.25) is 10.0 Å². The second-order valence-corrected chi connectivity index (χ2v) is 8.59. The van der Waals surface area contributed by atoms with Crippen LogP contribution in [-0.2, 0) is 4.79 Å². The molecule has 1 fully saturated rings. The largest absolute Gasteiger partial charge is 0.270 e. The summed E-state index contributed by atoms with van der Waals surface area (Å²) in [5, 5.41) is 0.818. The summed E-state index contributed by atoms with van der Waals surface area (Å²) >= 11 is 18.7. The number of halogens is 2. The van der Waals surface area contributed by atoms with Crippen LogP contribution in [0.1, 0.15) is 5.56 Å². The van der Waals surface area contributed by atoms with Gasteiger partial charge in [-0.25, -0.2) is 0 Å². The van der Waals surface area contributed by atoms with Crippen molar-refractivity contribution in [2.45, 2.75) is 0 Å². The van der Waals surface area contributed by atoms with Crippen molar-refractivity contribution in [1.29, 1.82) is 0 Å². The molecule has 2 nitrogen and oxygen atoms in total. The molecule has 0 aliphatic carbocycles. The van der Waals surface area contributed by atoms with Crippen molar-refractivity contribution < 1.29 is 4.79 Å². The first kappa shape index (κ1) is 19.2. The average Bonchev–Trinajstić information content (AvgIpc) is 2.98. The van der Waals surface area contributed by atoms with E-state index in [0.717, 1.165) is 16.7 Å². The lowest BCUT2D eigenvalue weighted by molar-refractivity contribution is -0.113. The van der Waals surface area contributed by atoms with Gasteiger partial charge >= 0.3 is 0 Å². The molecule has 3 aromatic rings. The highest BCUT2D eigenvalue weighted by atomic mass is 35.5. The Morgan fingerprint density at radius 2 is 1.54 bits per heavy atom. The Hall–Kier alpha value is -2.11. The van der Waals surface area contributed by atoms with Crippen molar-refractivity contribution in [2.24, 2.45) is 0 Å². The highest BCUT2D eigenvalue weighted by molar-refractivity contribution is 8.27. The number of rotatable bonds is 3. The number of anilines is 1. The van der Waals surface area contributed by atoms with Crippen LogP contribution < -0.4 is 4.90 Å². The lowest BCUT2D eigenvalue weighted by Gasteiger charge is -2.15. The Bertz CT molecular complexity index is 1100. The maximum Gasteiger partial charge on any atom is 0.270 e. The first-order valence-corrected chi connectivity index (χ1v) is 10.4. The third-order valence-electron chi connectivity index (χ3n) is 4.27. The van der Waals surface area contributed by atoms with E-state index in [1.54, 1.807) is 18.2 Å². The minimum absolute atomic E-state index is 0.166. The molecule has 1 aliphatic rings. The fourth-order valence-corrected chi connectivity index (χ4v) is 4.46. The molecular weight excluding hydrogens is 429 g/mol.